The summed E-state index contributed by atoms with van der Waals surface area (Å²) >= 11 is 0. The quantitative estimate of drug-likeness (QED) is 0.855. The number of anilines is 1. The van der Waals surface area contributed by atoms with E-state index in [0.717, 1.165) is 12.1 Å². The fourth-order valence-electron chi connectivity index (χ4n) is 2.79. The first-order chi connectivity index (χ1) is 11.5. The van der Waals surface area contributed by atoms with E-state index in [1.807, 2.05) is 0 Å². The molecule has 0 saturated carbocycles. The largest absolute Gasteiger partial charge is 0.312 e. The predicted molar refractivity (Wildman–Crippen MR) is 90.0 cm³/mol. The maximum Gasteiger partial charge on any atom is 0.240 e. The van der Waals surface area contributed by atoms with Crippen LogP contribution >= 0.6 is 0 Å². The van der Waals surface area contributed by atoms with E-state index in [-0.39, 0.29) is 16.8 Å². The van der Waals surface area contributed by atoms with E-state index >= 15 is 0 Å². The van der Waals surface area contributed by atoms with Crippen molar-refractivity contribution in [3.8, 4) is 0 Å². The first-order valence-corrected chi connectivity index (χ1v) is 9.34. The molecule has 7 nitrogen and oxygen atoms in total. The van der Waals surface area contributed by atoms with Gasteiger partial charge in [0.25, 0.3) is 0 Å². The molecule has 2 aromatic rings. The molecule has 1 saturated heterocycles. The Labute approximate surface area is 141 Å². The minimum absolute atomic E-state index is 0.0802. The minimum atomic E-state index is -3.61. The Morgan fingerprint density at radius 1 is 1.29 bits per heavy atom. The first kappa shape index (κ1) is 16.7. The maximum absolute atomic E-state index is 12.4. The molecule has 0 bridgehead atoms. The van der Waals surface area contributed by atoms with Crippen LogP contribution in [0.2, 0.25) is 0 Å². The fraction of sp³-hybridized carbons (Fsp3) is 0.375. The average molecular weight is 348 g/mol. The van der Waals surface area contributed by atoms with Gasteiger partial charge in [-0.15, -0.1) is 0 Å². The number of rotatable bonds is 6. The van der Waals surface area contributed by atoms with Gasteiger partial charge in [-0.25, -0.2) is 13.1 Å². The molecule has 2 heterocycles. The fourth-order valence-corrected chi connectivity index (χ4v) is 4.02. The molecular weight excluding hydrogens is 328 g/mol. The number of nitrogens with one attached hydrogen (secondary N) is 1. The number of aromatic nitrogens is 2. The lowest BCUT2D eigenvalue weighted by molar-refractivity contribution is -0.117. The van der Waals surface area contributed by atoms with Crippen LogP contribution in [-0.2, 0) is 21.4 Å². The van der Waals surface area contributed by atoms with Crippen LogP contribution in [-0.4, -0.2) is 36.7 Å². The second-order valence-electron chi connectivity index (χ2n) is 5.89. The van der Waals surface area contributed by atoms with Crippen molar-refractivity contribution in [3.05, 3.63) is 42.7 Å². The van der Waals surface area contributed by atoms with E-state index in [2.05, 4.69) is 9.82 Å². The Balaban J connectivity index is 1.69. The molecule has 1 amide bonds. The van der Waals surface area contributed by atoms with Crippen molar-refractivity contribution in [2.45, 2.75) is 37.2 Å². The van der Waals surface area contributed by atoms with Gasteiger partial charge >= 0.3 is 0 Å². The lowest BCUT2D eigenvalue weighted by Gasteiger charge is -2.17. The van der Waals surface area contributed by atoms with Crippen LogP contribution in [0.4, 0.5) is 5.69 Å². The summed E-state index contributed by atoms with van der Waals surface area (Å²) in [5, 5.41) is 4.07. The van der Waals surface area contributed by atoms with E-state index in [9.17, 15) is 13.2 Å². The van der Waals surface area contributed by atoms with E-state index < -0.39 is 10.0 Å². The summed E-state index contributed by atoms with van der Waals surface area (Å²) in [7, 11) is -3.61. The molecule has 24 heavy (non-hydrogen) atoms. The van der Waals surface area contributed by atoms with Crippen LogP contribution in [0.1, 0.15) is 19.8 Å². The highest BCUT2D eigenvalue weighted by Gasteiger charge is 2.23. The number of hydrogen-bond acceptors (Lipinski definition) is 4. The minimum Gasteiger partial charge on any atom is -0.312 e. The number of nitrogens with zero attached hydrogens (tertiary/aromatic N) is 3. The van der Waals surface area contributed by atoms with Crippen LogP contribution in [0.15, 0.2) is 47.6 Å². The second kappa shape index (κ2) is 6.74. The van der Waals surface area contributed by atoms with Gasteiger partial charge in [-0.1, -0.05) is 0 Å². The number of sulfonamides is 1. The molecule has 1 atom stereocenters. The molecule has 0 aliphatic carbocycles. The van der Waals surface area contributed by atoms with Gasteiger partial charge in [0.1, 0.15) is 0 Å². The zero-order valence-electron chi connectivity index (χ0n) is 13.4. The van der Waals surface area contributed by atoms with E-state index in [1.54, 1.807) is 47.1 Å². The van der Waals surface area contributed by atoms with E-state index in [1.165, 1.54) is 12.1 Å². The van der Waals surface area contributed by atoms with Gasteiger partial charge in [0.15, 0.2) is 0 Å². The SMILES string of the molecule is CC(Cn1cccn1)NS(=O)(=O)c1ccc(N2CCCC2=O)cc1. The van der Waals surface area contributed by atoms with E-state index in [0.29, 0.717) is 19.5 Å². The Morgan fingerprint density at radius 2 is 2.04 bits per heavy atom. The van der Waals surface area contributed by atoms with Gasteiger partial charge < -0.3 is 4.90 Å². The third kappa shape index (κ3) is 3.65. The van der Waals surface area contributed by atoms with Crippen molar-refractivity contribution in [3.63, 3.8) is 0 Å². The Morgan fingerprint density at radius 3 is 2.62 bits per heavy atom. The molecule has 1 aliphatic heterocycles. The Bertz CT molecular complexity index is 800. The molecule has 3 rings (SSSR count). The highest BCUT2D eigenvalue weighted by atomic mass is 32.2. The lowest BCUT2D eigenvalue weighted by Crippen LogP contribution is -2.35. The third-order valence-corrected chi connectivity index (χ3v) is 5.51. The van der Waals surface area contributed by atoms with Gasteiger partial charge in [-0.05, 0) is 43.7 Å². The summed E-state index contributed by atoms with van der Waals surface area (Å²) in [6.45, 7) is 2.92. The highest BCUT2D eigenvalue weighted by molar-refractivity contribution is 7.89. The molecule has 1 aromatic carbocycles. The van der Waals surface area contributed by atoms with E-state index in [4.69, 9.17) is 0 Å². The van der Waals surface area contributed by atoms with Gasteiger partial charge in [-0.3, -0.25) is 9.48 Å². The van der Waals surface area contributed by atoms with Crippen molar-refractivity contribution in [2.75, 3.05) is 11.4 Å². The molecule has 0 radical (unpaired) electrons. The van der Waals surface area contributed by atoms with Crippen molar-refractivity contribution < 1.29 is 13.2 Å². The van der Waals surface area contributed by atoms with Gasteiger partial charge in [0.2, 0.25) is 15.9 Å². The zero-order valence-corrected chi connectivity index (χ0v) is 14.2. The van der Waals surface area contributed by atoms with Crippen LogP contribution in [0.25, 0.3) is 0 Å². The van der Waals surface area contributed by atoms with Gasteiger partial charge in [0.05, 0.1) is 11.4 Å². The smallest absolute Gasteiger partial charge is 0.240 e. The zero-order chi connectivity index (χ0) is 17.2. The summed E-state index contributed by atoms with van der Waals surface area (Å²) in [6, 6.07) is 7.91. The summed E-state index contributed by atoms with van der Waals surface area (Å²) in [4.78, 5) is 13.6. The van der Waals surface area contributed by atoms with Crippen molar-refractivity contribution in [1.82, 2.24) is 14.5 Å². The maximum atomic E-state index is 12.4. The summed E-state index contributed by atoms with van der Waals surface area (Å²) in [5.41, 5.74) is 0.737. The van der Waals surface area contributed by atoms with Crippen molar-refractivity contribution in [2.24, 2.45) is 0 Å². The van der Waals surface area contributed by atoms with Crippen LogP contribution < -0.4 is 9.62 Å². The average Bonchev–Trinajstić information content (AvgIpc) is 3.18. The second-order valence-corrected chi connectivity index (χ2v) is 7.61. The number of carbonyl (C=O) groups excluding carboxylic acids is 1. The van der Waals surface area contributed by atoms with Crippen molar-refractivity contribution in [1.29, 1.82) is 0 Å². The predicted octanol–water partition coefficient (Wildman–Crippen LogP) is 1.38. The molecule has 1 unspecified atom stereocenters. The molecule has 1 aliphatic rings. The number of benzene rings is 1. The van der Waals surface area contributed by atoms with Gasteiger partial charge in [0, 0.05) is 37.1 Å². The first-order valence-electron chi connectivity index (χ1n) is 7.86. The molecule has 1 aromatic heterocycles. The Kier molecular flexibility index (Phi) is 4.68. The van der Waals surface area contributed by atoms with Crippen LogP contribution in [0.3, 0.4) is 0 Å². The molecule has 8 heteroatoms. The topological polar surface area (TPSA) is 84.3 Å². The van der Waals surface area contributed by atoms with Crippen molar-refractivity contribution >= 4 is 21.6 Å². The lowest BCUT2D eigenvalue weighted by atomic mass is 10.3. The molecule has 1 N–H and O–H groups in total. The standard InChI is InChI=1S/C16H20N4O3S/c1-13(12-19-10-3-9-17-19)18-24(22,23)15-7-5-14(6-8-15)20-11-2-4-16(20)21/h3,5-10,13,18H,2,4,11-12H2,1H3. The molecule has 1 fully saturated rings. The van der Waals surface area contributed by atoms with Crippen LogP contribution in [0.5, 0.6) is 0 Å². The number of carbonyl (C=O) groups is 1. The van der Waals surface area contributed by atoms with Crippen LogP contribution in [0, 0.1) is 0 Å². The molecule has 128 valence electrons. The summed E-state index contributed by atoms with van der Waals surface area (Å²) in [6.07, 6.45) is 4.82. The normalized spacial score (nSPS) is 16.5. The number of amides is 1. The Hall–Kier alpha value is -2.19. The summed E-state index contributed by atoms with van der Waals surface area (Å²) in [5.74, 6) is 0.0802. The highest BCUT2D eigenvalue weighted by Crippen LogP contribution is 2.23. The number of hydrogen-bond donors (Lipinski definition) is 1. The molecule has 0 spiro atoms. The third-order valence-electron chi connectivity index (χ3n) is 3.91. The molecular formula is C16H20N4O3S. The van der Waals surface area contributed by atoms with Gasteiger partial charge in [-0.2, -0.15) is 5.10 Å². The summed E-state index contributed by atoms with van der Waals surface area (Å²) < 4.78 is 29.2. The monoisotopic (exact) mass is 348 g/mol.